The van der Waals surface area contributed by atoms with Crippen molar-refractivity contribution in [2.75, 3.05) is 39.6 Å². The molecule has 6 aliphatic heterocycles. The van der Waals surface area contributed by atoms with Gasteiger partial charge in [-0.15, -0.1) is 0 Å². The fourth-order valence-corrected chi connectivity index (χ4v) is 9.92. The number of hydrogen-bond donors (Lipinski definition) is 22. The van der Waals surface area contributed by atoms with Gasteiger partial charge in [0.2, 0.25) is 11.8 Å². The molecule has 2 amide bonds. The van der Waals surface area contributed by atoms with Crippen LogP contribution in [0.15, 0.2) is 0 Å². The normalized spacial score (nSPS) is 47.7. The summed E-state index contributed by atoms with van der Waals surface area (Å²) in [5.74, 6) is -7.06. The van der Waals surface area contributed by atoms with Gasteiger partial charge in [0, 0.05) is 20.3 Å². The Morgan fingerprint density at radius 3 is 1.53 bits per heavy atom. The lowest BCUT2D eigenvalue weighted by Crippen LogP contribution is -2.71. The van der Waals surface area contributed by atoms with Crippen molar-refractivity contribution >= 4 is 17.8 Å². The number of aliphatic hydroxyl groups excluding tert-OH is 19. The Labute approximate surface area is 446 Å². The third kappa shape index (κ3) is 14.1. The second kappa shape index (κ2) is 27.7. The van der Waals surface area contributed by atoms with E-state index in [0.29, 0.717) is 0 Å². The summed E-state index contributed by atoms with van der Waals surface area (Å²) in [6.07, 6.45) is -58.8. The zero-order valence-corrected chi connectivity index (χ0v) is 41.9. The van der Waals surface area contributed by atoms with Gasteiger partial charge in [0.15, 0.2) is 31.5 Å². The van der Waals surface area contributed by atoms with Gasteiger partial charge < -0.3 is 165 Å². The number of carboxylic acid groups (broad SMARTS) is 1. The second-order valence-corrected chi connectivity index (χ2v) is 19.7. The van der Waals surface area contributed by atoms with E-state index in [9.17, 15) is 117 Å². The summed E-state index contributed by atoms with van der Waals surface area (Å²) < 4.78 is 62.3. The lowest BCUT2D eigenvalue weighted by atomic mass is 9.88. The molecule has 36 heteroatoms. The molecule has 458 valence electrons. The van der Waals surface area contributed by atoms with E-state index in [0.717, 1.165) is 13.8 Å². The summed E-state index contributed by atoms with van der Waals surface area (Å²) >= 11 is 0. The SMILES string of the molecule is CC(=O)N[C@H]1[C@H](OC[C@H]2O[C@@H](O[C@H]3[C@H](O)[C@@H](O)C(O)O[C@@H]3CO)[C@H](O)[C@@H](O[C@@H]3O[C@H](CO)[C@H](O)[C@H](O[C@]4(C(=O)O)C[C@H](O)[C@@H](NC(C)=O)[C@H]([C@H](O)[C@H](O)CO)O4)[C@H]3O)[C@H]2O)O[C@H](CO)[C@@H](O[C@@H]2O[C@H](CO)[C@H](O)[C@H](O)[C@H]2O)[C@@H]1O. The largest absolute Gasteiger partial charge is 0.477 e. The highest BCUT2D eigenvalue weighted by Crippen LogP contribution is 2.40. The third-order valence-corrected chi connectivity index (χ3v) is 14.2. The molecule has 1 unspecified atom stereocenters. The second-order valence-electron chi connectivity index (χ2n) is 19.7. The van der Waals surface area contributed by atoms with Gasteiger partial charge in [-0.05, 0) is 0 Å². The van der Waals surface area contributed by atoms with Gasteiger partial charge in [-0.1, -0.05) is 0 Å². The Bertz CT molecular complexity index is 1970. The van der Waals surface area contributed by atoms with Crippen LogP contribution in [0.25, 0.3) is 0 Å². The molecule has 6 heterocycles. The molecule has 0 saturated carbocycles. The van der Waals surface area contributed by atoms with Crippen molar-refractivity contribution < 1.29 is 169 Å². The third-order valence-electron chi connectivity index (χ3n) is 14.2. The van der Waals surface area contributed by atoms with Gasteiger partial charge >= 0.3 is 5.97 Å². The van der Waals surface area contributed by atoms with E-state index in [1.807, 2.05) is 0 Å². The van der Waals surface area contributed by atoms with Crippen LogP contribution in [0.3, 0.4) is 0 Å². The molecule has 22 N–H and O–H groups in total. The molecule has 0 spiro atoms. The number of rotatable bonds is 21. The minimum atomic E-state index is -3.25. The van der Waals surface area contributed by atoms with Crippen LogP contribution in [-0.4, -0.2) is 349 Å². The molecule has 0 aromatic carbocycles. The molecule has 0 bridgehead atoms. The Balaban J connectivity index is 1.30. The van der Waals surface area contributed by atoms with E-state index in [-0.39, 0.29) is 0 Å². The average Bonchev–Trinajstić information content (AvgIpc) is 3.61. The fourth-order valence-electron chi connectivity index (χ4n) is 9.92. The molecule has 6 fully saturated rings. The molecule has 31 atom stereocenters. The van der Waals surface area contributed by atoms with Gasteiger partial charge in [-0.3, -0.25) is 9.59 Å². The number of carboxylic acids is 1. The lowest BCUT2D eigenvalue weighted by Gasteiger charge is -2.51. The van der Waals surface area contributed by atoms with Crippen LogP contribution in [0.4, 0.5) is 0 Å². The predicted molar refractivity (Wildman–Crippen MR) is 240 cm³/mol. The maximum Gasteiger partial charge on any atom is 0.364 e. The number of nitrogens with one attached hydrogen (secondary N) is 2. The first-order valence-corrected chi connectivity index (χ1v) is 24.7. The molecule has 6 saturated heterocycles. The topological polar surface area (TPSA) is 581 Å². The van der Waals surface area contributed by atoms with Crippen LogP contribution < -0.4 is 10.6 Å². The van der Waals surface area contributed by atoms with Crippen molar-refractivity contribution in [3.05, 3.63) is 0 Å². The van der Waals surface area contributed by atoms with Crippen LogP contribution in [0.5, 0.6) is 0 Å². The first-order valence-electron chi connectivity index (χ1n) is 24.7. The van der Waals surface area contributed by atoms with E-state index in [1.165, 1.54) is 0 Å². The zero-order valence-electron chi connectivity index (χ0n) is 41.9. The van der Waals surface area contributed by atoms with Gasteiger partial charge in [0.1, 0.15) is 140 Å². The maximum absolute atomic E-state index is 13.1. The molecule has 79 heavy (non-hydrogen) atoms. The number of carbonyl (C=O) groups excluding carboxylic acids is 2. The smallest absolute Gasteiger partial charge is 0.364 e. The van der Waals surface area contributed by atoms with Crippen molar-refractivity contribution in [2.24, 2.45) is 0 Å². The van der Waals surface area contributed by atoms with E-state index < -0.39 is 254 Å². The maximum atomic E-state index is 13.1. The minimum absolute atomic E-state index is 0.846. The van der Waals surface area contributed by atoms with Crippen LogP contribution >= 0.6 is 0 Å². The van der Waals surface area contributed by atoms with Crippen LogP contribution in [0.1, 0.15) is 20.3 Å². The molecule has 0 aliphatic carbocycles. The van der Waals surface area contributed by atoms with Crippen molar-refractivity contribution in [2.45, 2.75) is 210 Å². The van der Waals surface area contributed by atoms with Gasteiger partial charge in [0.25, 0.3) is 5.79 Å². The summed E-state index contributed by atoms with van der Waals surface area (Å²) in [7, 11) is 0. The molecular formula is C43H72N2O34. The van der Waals surface area contributed by atoms with Crippen molar-refractivity contribution in [1.29, 1.82) is 0 Å². The number of aliphatic carboxylic acids is 1. The summed E-state index contributed by atoms with van der Waals surface area (Å²) in [5.41, 5.74) is 0. The van der Waals surface area contributed by atoms with Crippen LogP contribution in [-0.2, 0) is 66.5 Å². The van der Waals surface area contributed by atoms with E-state index >= 15 is 0 Å². The number of hydrogen-bond acceptors (Lipinski definition) is 33. The molecular weight excluding hydrogens is 1090 g/mol. The van der Waals surface area contributed by atoms with Gasteiger partial charge in [-0.25, -0.2) is 4.79 Å². The predicted octanol–water partition coefficient (Wildman–Crippen LogP) is -14.6. The van der Waals surface area contributed by atoms with Crippen molar-refractivity contribution in [3.8, 4) is 0 Å². The highest BCUT2D eigenvalue weighted by molar-refractivity contribution is 5.76. The number of amides is 2. The minimum Gasteiger partial charge on any atom is -0.477 e. The van der Waals surface area contributed by atoms with Crippen molar-refractivity contribution in [1.82, 2.24) is 10.6 Å². The highest BCUT2D eigenvalue weighted by atomic mass is 16.8. The summed E-state index contributed by atoms with van der Waals surface area (Å²) in [6.45, 7) is -4.31. The summed E-state index contributed by atoms with van der Waals surface area (Å²) in [5, 5.41) is 219. The molecule has 36 nitrogen and oxygen atoms in total. The molecule has 6 rings (SSSR count). The zero-order chi connectivity index (χ0) is 58.7. The number of ether oxygens (including phenoxy) is 11. The van der Waals surface area contributed by atoms with Gasteiger partial charge in [0.05, 0.1) is 51.8 Å². The summed E-state index contributed by atoms with van der Waals surface area (Å²) in [6, 6.07) is -3.42. The van der Waals surface area contributed by atoms with E-state index in [1.54, 1.807) is 0 Å². The fraction of sp³-hybridized carbons (Fsp3) is 0.930. The lowest BCUT2D eigenvalue weighted by molar-refractivity contribution is -0.395. The molecule has 6 aliphatic rings. The van der Waals surface area contributed by atoms with Crippen LogP contribution in [0, 0.1) is 0 Å². The van der Waals surface area contributed by atoms with Crippen molar-refractivity contribution in [3.63, 3.8) is 0 Å². The number of carbonyl (C=O) groups is 3. The first kappa shape index (κ1) is 65.4. The standard InChI is InChI=1S/C43H72N2O34/c1-10(51)44-19-12(53)3-43(42(67)68,78-34(19)21(55)13(54)4-46)79-36-23(57)15(6-48)72-41(31(36)65)77-35-24(58)18(74-40(30(35)64)76-33-16(7-49)70-37(66)28(62)27(33)61)9-69-38-20(45-11(2)52)25(59)32(17(8-50)73-38)75-39-29(63)26(60)22(56)14(5-47)71-39/h12-41,46-50,53-66H,3-9H2,1-2H3,(H,44,51)(H,45,52)(H,67,68)/t12-,13+,14+,15+,16+,17+,18+,19+,20+,21+,22-,23-,24-,25+,26-,27+,28+,29+,30+,31+,32+,33+,34+,35-,36-,37?,38+,39-,40-,41-,43-/m0/s1. The molecule has 0 aromatic heterocycles. The molecule has 0 aromatic rings. The Hall–Kier alpha value is -2.79. The molecule has 0 radical (unpaired) electrons. The highest BCUT2D eigenvalue weighted by Gasteiger charge is 2.61. The average molecular weight is 1160 g/mol. The Kier molecular flexibility index (Phi) is 22.9. The quantitative estimate of drug-likeness (QED) is 0.0507. The van der Waals surface area contributed by atoms with Gasteiger partial charge in [-0.2, -0.15) is 0 Å². The van der Waals surface area contributed by atoms with E-state index in [4.69, 9.17) is 52.1 Å². The first-order chi connectivity index (χ1) is 37.2. The Morgan fingerprint density at radius 2 is 0.987 bits per heavy atom. The van der Waals surface area contributed by atoms with E-state index in [2.05, 4.69) is 10.6 Å². The monoisotopic (exact) mass is 1160 g/mol. The summed E-state index contributed by atoms with van der Waals surface area (Å²) in [4.78, 5) is 37.7. The van der Waals surface area contributed by atoms with Crippen LogP contribution in [0.2, 0.25) is 0 Å². The Morgan fingerprint density at radius 1 is 0.519 bits per heavy atom. The number of aliphatic hydroxyl groups is 19.